The molecule has 2 aromatic carbocycles. The van der Waals surface area contributed by atoms with E-state index in [1.54, 1.807) is 11.8 Å². The van der Waals surface area contributed by atoms with Crippen molar-refractivity contribution in [2.75, 3.05) is 38.0 Å². The number of amides is 2. The van der Waals surface area contributed by atoms with Crippen LogP contribution in [0, 0.1) is 0 Å². The number of hydrogen-bond donors (Lipinski definition) is 2. The molecule has 164 valence electrons. The van der Waals surface area contributed by atoms with Gasteiger partial charge in [-0.05, 0) is 44.0 Å². The predicted molar refractivity (Wildman–Crippen MR) is 124 cm³/mol. The maximum absolute atomic E-state index is 13.0. The smallest absolute Gasteiger partial charge is 0.241 e. The second-order valence-electron chi connectivity index (χ2n) is 8.23. The largest absolute Gasteiger partial charge is 0.352 e. The Hall–Kier alpha value is -2.35. The molecule has 0 unspecified atom stereocenters. The molecule has 6 nitrogen and oxygen atoms in total. The van der Waals surface area contributed by atoms with Gasteiger partial charge >= 0.3 is 0 Å². The van der Waals surface area contributed by atoms with Gasteiger partial charge in [-0.1, -0.05) is 42.1 Å². The number of nitrogens with zero attached hydrogens (tertiary/aromatic N) is 2. The molecule has 2 aromatic rings. The van der Waals surface area contributed by atoms with Crippen LogP contribution in [-0.4, -0.2) is 66.4 Å². The van der Waals surface area contributed by atoms with Crippen LogP contribution in [0.25, 0.3) is 0 Å². The van der Waals surface area contributed by atoms with Crippen molar-refractivity contribution in [2.24, 2.45) is 0 Å². The first-order chi connectivity index (χ1) is 15.1. The zero-order valence-corrected chi connectivity index (χ0v) is 18.7. The van der Waals surface area contributed by atoms with Crippen molar-refractivity contribution in [3.8, 4) is 0 Å². The highest BCUT2D eigenvalue weighted by molar-refractivity contribution is 7.99. The summed E-state index contributed by atoms with van der Waals surface area (Å²) in [6.45, 7) is 5.58. The summed E-state index contributed by atoms with van der Waals surface area (Å²) in [4.78, 5) is 31.5. The Morgan fingerprint density at radius 1 is 1.00 bits per heavy atom. The lowest BCUT2D eigenvalue weighted by molar-refractivity contribution is -0.124. The van der Waals surface area contributed by atoms with Gasteiger partial charge in [0.25, 0.3) is 0 Å². The molecule has 7 heteroatoms. The predicted octanol–water partition coefficient (Wildman–Crippen LogP) is 3.06. The van der Waals surface area contributed by atoms with Crippen LogP contribution in [0.3, 0.4) is 0 Å². The molecule has 1 saturated carbocycles. The fraction of sp³-hybridized carbons (Fsp3) is 0.417. The van der Waals surface area contributed by atoms with Crippen LogP contribution in [-0.2, 0) is 9.59 Å². The van der Waals surface area contributed by atoms with Crippen LogP contribution in [0.5, 0.6) is 0 Å². The number of rotatable bonds is 8. The average Bonchev–Trinajstić information content (AvgIpc) is 3.59. The number of hydrogen-bond acceptors (Lipinski definition) is 5. The molecule has 2 fully saturated rings. The second-order valence-corrected chi connectivity index (χ2v) is 9.35. The number of nitrogens with one attached hydrogen (secondary N) is 2. The Kier molecular flexibility index (Phi) is 7.27. The fourth-order valence-corrected chi connectivity index (χ4v) is 4.61. The number of para-hydroxylation sites is 1. The van der Waals surface area contributed by atoms with Crippen molar-refractivity contribution >= 4 is 29.3 Å². The number of carbonyl (C=O) groups is 2. The third kappa shape index (κ3) is 6.32. The van der Waals surface area contributed by atoms with Crippen LogP contribution in [0.15, 0.2) is 64.4 Å². The van der Waals surface area contributed by atoms with Gasteiger partial charge < -0.3 is 10.6 Å². The third-order valence-corrected chi connectivity index (χ3v) is 6.84. The van der Waals surface area contributed by atoms with Crippen LogP contribution in [0.4, 0.5) is 5.69 Å². The lowest BCUT2D eigenvalue weighted by Crippen LogP contribution is -2.54. The minimum atomic E-state index is -0.225. The SMILES string of the molecule is C[C@H](C(=O)Nc1ccccc1Sc1ccccc1)N1CCN(CC(=O)NC2CC2)CC1. The topological polar surface area (TPSA) is 64.7 Å². The van der Waals surface area contributed by atoms with Gasteiger partial charge in [-0.15, -0.1) is 0 Å². The van der Waals surface area contributed by atoms with Gasteiger partial charge in [0.2, 0.25) is 11.8 Å². The summed E-state index contributed by atoms with van der Waals surface area (Å²) in [5, 5.41) is 6.16. The number of carbonyl (C=O) groups excluding carboxylic acids is 2. The van der Waals surface area contributed by atoms with E-state index < -0.39 is 0 Å². The van der Waals surface area contributed by atoms with E-state index in [1.165, 1.54) is 0 Å². The Morgan fingerprint density at radius 3 is 2.39 bits per heavy atom. The van der Waals surface area contributed by atoms with E-state index in [-0.39, 0.29) is 17.9 Å². The van der Waals surface area contributed by atoms with E-state index in [0.29, 0.717) is 12.6 Å². The number of piperazine rings is 1. The minimum absolute atomic E-state index is 0.000961. The number of benzene rings is 2. The van der Waals surface area contributed by atoms with Gasteiger partial charge in [0.05, 0.1) is 18.3 Å². The van der Waals surface area contributed by atoms with Gasteiger partial charge in [-0.25, -0.2) is 0 Å². The van der Waals surface area contributed by atoms with Gasteiger partial charge in [0.1, 0.15) is 0 Å². The normalized spacial score (nSPS) is 18.4. The van der Waals surface area contributed by atoms with Crippen molar-refractivity contribution in [1.29, 1.82) is 0 Å². The first-order valence-electron chi connectivity index (χ1n) is 11.0. The molecule has 0 radical (unpaired) electrons. The molecular formula is C24H30N4O2S. The summed E-state index contributed by atoms with van der Waals surface area (Å²) in [7, 11) is 0. The average molecular weight is 439 g/mol. The highest BCUT2D eigenvalue weighted by Crippen LogP contribution is 2.33. The van der Waals surface area contributed by atoms with Crippen LogP contribution >= 0.6 is 11.8 Å². The Morgan fingerprint density at radius 2 is 1.68 bits per heavy atom. The maximum atomic E-state index is 13.0. The Labute approximate surface area is 188 Å². The summed E-state index contributed by atoms with van der Waals surface area (Å²) in [5.74, 6) is 0.121. The zero-order valence-electron chi connectivity index (χ0n) is 17.9. The zero-order chi connectivity index (χ0) is 21.6. The molecule has 0 spiro atoms. The molecule has 1 atom stereocenters. The standard InChI is InChI=1S/C24H30N4O2S/c1-18(28-15-13-27(14-16-28)17-23(29)25-19-11-12-19)24(30)26-21-9-5-6-10-22(21)31-20-7-3-2-4-8-20/h2-10,18-19H,11-17H2,1H3,(H,25,29)(H,26,30)/t18-/m1/s1. The molecule has 1 heterocycles. The van der Waals surface area contributed by atoms with Crippen LogP contribution in [0.2, 0.25) is 0 Å². The monoisotopic (exact) mass is 438 g/mol. The lowest BCUT2D eigenvalue weighted by atomic mass is 10.2. The summed E-state index contributed by atoms with van der Waals surface area (Å²) in [5.41, 5.74) is 0.837. The first-order valence-corrected chi connectivity index (χ1v) is 11.8. The molecule has 2 N–H and O–H groups in total. The van der Waals surface area contributed by atoms with Gasteiger partial charge in [-0.2, -0.15) is 0 Å². The molecule has 31 heavy (non-hydrogen) atoms. The molecule has 0 bridgehead atoms. The molecule has 1 saturated heterocycles. The minimum Gasteiger partial charge on any atom is -0.352 e. The summed E-state index contributed by atoms with van der Waals surface area (Å²) < 4.78 is 0. The quantitative estimate of drug-likeness (QED) is 0.663. The van der Waals surface area contributed by atoms with Crippen molar-refractivity contribution in [2.45, 2.75) is 41.6 Å². The Balaban J connectivity index is 1.28. The molecular weight excluding hydrogens is 408 g/mol. The van der Waals surface area contributed by atoms with E-state index in [1.807, 2.05) is 49.4 Å². The molecule has 2 amide bonds. The third-order valence-electron chi connectivity index (χ3n) is 5.76. The molecule has 1 aliphatic heterocycles. The number of anilines is 1. The van der Waals surface area contributed by atoms with Crippen LogP contribution in [0.1, 0.15) is 19.8 Å². The molecule has 1 aliphatic carbocycles. The summed E-state index contributed by atoms with van der Waals surface area (Å²) in [6.07, 6.45) is 2.22. The van der Waals surface area contributed by atoms with E-state index in [0.717, 1.165) is 54.5 Å². The fourth-order valence-electron chi connectivity index (χ4n) is 3.69. The van der Waals surface area contributed by atoms with Gasteiger partial charge in [0.15, 0.2) is 0 Å². The summed E-state index contributed by atoms with van der Waals surface area (Å²) >= 11 is 1.65. The molecule has 0 aromatic heterocycles. The van der Waals surface area contributed by atoms with Gasteiger partial charge in [0, 0.05) is 42.0 Å². The van der Waals surface area contributed by atoms with Gasteiger partial charge in [-0.3, -0.25) is 19.4 Å². The van der Waals surface area contributed by atoms with Crippen molar-refractivity contribution in [3.05, 3.63) is 54.6 Å². The van der Waals surface area contributed by atoms with Crippen molar-refractivity contribution in [1.82, 2.24) is 15.1 Å². The maximum Gasteiger partial charge on any atom is 0.241 e. The molecule has 4 rings (SSSR count). The van der Waals surface area contributed by atoms with E-state index in [9.17, 15) is 9.59 Å². The lowest BCUT2D eigenvalue weighted by Gasteiger charge is -2.37. The summed E-state index contributed by atoms with van der Waals surface area (Å²) in [6, 6.07) is 18.3. The molecule has 2 aliphatic rings. The first kappa shape index (κ1) is 21.9. The highest BCUT2D eigenvalue weighted by Gasteiger charge is 2.28. The van der Waals surface area contributed by atoms with Crippen molar-refractivity contribution < 1.29 is 9.59 Å². The van der Waals surface area contributed by atoms with Crippen molar-refractivity contribution in [3.63, 3.8) is 0 Å². The van der Waals surface area contributed by atoms with E-state index in [4.69, 9.17) is 0 Å². The van der Waals surface area contributed by atoms with E-state index in [2.05, 4.69) is 32.6 Å². The Bertz CT molecular complexity index is 895. The highest BCUT2D eigenvalue weighted by atomic mass is 32.2. The van der Waals surface area contributed by atoms with E-state index >= 15 is 0 Å². The second kappa shape index (κ2) is 10.3. The van der Waals surface area contributed by atoms with Crippen LogP contribution < -0.4 is 10.6 Å².